The van der Waals surface area contributed by atoms with Gasteiger partial charge in [0.2, 0.25) is 11.8 Å². The van der Waals surface area contributed by atoms with E-state index in [1.807, 2.05) is 13.0 Å². The van der Waals surface area contributed by atoms with Gasteiger partial charge in [-0.05, 0) is 49.4 Å². The Kier molecular flexibility index (Phi) is 5.27. The molecule has 1 saturated heterocycles. The molecule has 0 bridgehead atoms. The Labute approximate surface area is 148 Å². The summed E-state index contributed by atoms with van der Waals surface area (Å²) < 4.78 is 5.37. The van der Waals surface area contributed by atoms with Crippen LogP contribution in [-0.2, 0) is 16.1 Å². The molecule has 1 aromatic carbocycles. The molecule has 1 aliphatic heterocycles. The van der Waals surface area contributed by atoms with E-state index < -0.39 is 6.04 Å². The molecule has 1 aromatic rings. The molecule has 6 nitrogen and oxygen atoms in total. The number of nitrogens with zero attached hydrogens (tertiary/aromatic N) is 1. The van der Waals surface area contributed by atoms with Crippen molar-refractivity contribution in [2.45, 2.75) is 51.7 Å². The maximum absolute atomic E-state index is 12.3. The third-order valence-corrected chi connectivity index (χ3v) is 5.21. The summed E-state index contributed by atoms with van der Waals surface area (Å²) in [6.07, 6.45) is 2.32. The number of methoxy groups -OCH3 is 1. The number of piperazine rings is 1. The van der Waals surface area contributed by atoms with Gasteiger partial charge < -0.3 is 15.4 Å². The van der Waals surface area contributed by atoms with Gasteiger partial charge in [-0.2, -0.15) is 0 Å². The summed E-state index contributed by atoms with van der Waals surface area (Å²) in [7, 11) is 1.67. The van der Waals surface area contributed by atoms with E-state index in [1.165, 1.54) is 11.1 Å². The molecule has 0 aromatic heterocycles. The van der Waals surface area contributed by atoms with Gasteiger partial charge in [0.15, 0.2) is 0 Å². The number of carbonyl (C=O) groups is 2. The average molecular weight is 345 g/mol. The molecule has 6 heteroatoms. The second kappa shape index (κ2) is 7.44. The van der Waals surface area contributed by atoms with E-state index in [0.717, 1.165) is 30.7 Å². The molecule has 1 unspecified atom stereocenters. The highest BCUT2D eigenvalue weighted by Gasteiger charge is 2.33. The molecule has 0 radical (unpaired) electrons. The van der Waals surface area contributed by atoms with Gasteiger partial charge in [-0.1, -0.05) is 6.07 Å². The van der Waals surface area contributed by atoms with E-state index >= 15 is 0 Å². The van der Waals surface area contributed by atoms with Crippen molar-refractivity contribution in [1.29, 1.82) is 0 Å². The third kappa shape index (κ3) is 4.12. The summed E-state index contributed by atoms with van der Waals surface area (Å²) >= 11 is 0. The lowest BCUT2D eigenvalue weighted by Gasteiger charge is -2.35. The van der Waals surface area contributed by atoms with Crippen LogP contribution in [-0.4, -0.2) is 49.0 Å². The van der Waals surface area contributed by atoms with Gasteiger partial charge in [0.05, 0.1) is 19.6 Å². The fraction of sp³-hybridized carbons (Fsp3) is 0.579. The second-order valence-corrected chi connectivity index (χ2v) is 7.00. The molecule has 3 rings (SSSR count). The normalized spacial score (nSPS) is 20.9. The predicted molar refractivity (Wildman–Crippen MR) is 95.5 cm³/mol. The zero-order valence-corrected chi connectivity index (χ0v) is 15.2. The lowest BCUT2D eigenvalue weighted by molar-refractivity contribution is -0.134. The van der Waals surface area contributed by atoms with E-state index in [4.69, 9.17) is 4.74 Å². The Morgan fingerprint density at radius 3 is 2.76 bits per heavy atom. The van der Waals surface area contributed by atoms with E-state index in [9.17, 15) is 9.59 Å². The predicted octanol–water partition coefficient (Wildman–Crippen LogP) is 1.28. The van der Waals surface area contributed by atoms with Crippen LogP contribution in [0.1, 0.15) is 36.0 Å². The smallest absolute Gasteiger partial charge is 0.237 e. The molecular weight excluding hydrogens is 318 g/mol. The summed E-state index contributed by atoms with van der Waals surface area (Å²) in [5.74, 6) is 0.787. The van der Waals surface area contributed by atoms with Crippen LogP contribution >= 0.6 is 0 Å². The van der Waals surface area contributed by atoms with Crippen LogP contribution < -0.4 is 15.4 Å². The Hall–Kier alpha value is -2.08. The summed E-state index contributed by atoms with van der Waals surface area (Å²) in [6, 6.07) is 3.93. The molecule has 2 aliphatic rings. The Balaban J connectivity index is 1.73. The number of rotatable bonds is 6. The second-order valence-electron chi connectivity index (χ2n) is 7.00. The van der Waals surface area contributed by atoms with Gasteiger partial charge >= 0.3 is 0 Å². The Bertz CT molecular complexity index is 670. The van der Waals surface area contributed by atoms with Gasteiger partial charge in [-0.25, -0.2) is 0 Å². The molecule has 1 atom stereocenters. The zero-order chi connectivity index (χ0) is 18.0. The lowest BCUT2D eigenvalue weighted by Crippen LogP contribution is -2.56. The number of nitrogens with one attached hydrogen (secondary N) is 2. The van der Waals surface area contributed by atoms with Crippen molar-refractivity contribution in [2.24, 2.45) is 0 Å². The molecule has 0 spiro atoms. The Morgan fingerprint density at radius 2 is 2.08 bits per heavy atom. The monoisotopic (exact) mass is 345 g/mol. The molecule has 2 amide bonds. The van der Waals surface area contributed by atoms with Crippen molar-refractivity contribution in [1.82, 2.24) is 15.5 Å². The van der Waals surface area contributed by atoms with E-state index in [2.05, 4.69) is 28.5 Å². The standard InChI is InChI=1S/C19H27N3O3/c1-12-13(2)17(25-3)7-4-14(12)11-22-9-8-20-19(24)16(22)10-18(23)21-15-5-6-15/h4,7,15-16H,5-6,8-11H2,1-3H3,(H,20,24)(H,21,23). The van der Waals surface area contributed by atoms with Gasteiger partial charge in [0, 0.05) is 25.7 Å². The van der Waals surface area contributed by atoms with E-state index in [1.54, 1.807) is 7.11 Å². The van der Waals surface area contributed by atoms with Crippen molar-refractivity contribution >= 4 is 11.8 Å². The minimum absolute atomic E-state index is 0.0304. The average Bonchev–Trinajstić information content (AvgIpc) is 3.39. The summed E-state index contributed by atoms with van der Waals surface area (Å²) in [5.41, 5.74) is 3.46. The highest BCUT2D eigenvalue weighted by atomic mass is 16.5. The van der Waals surface area contributed by atoms with Crippen LogP contribution in [0.5, 0.6) is 5.75 Å². The van der Waals surface area contributed by atoms with Gasteiger partial charge in [-0.15, -0.1) is 0 Å². The lowest BCUT2D eigenvalue weighted by atomic mass is 10.00. The van der Waals surface area contributed by atoms with E-state index in [0.29, 0.717) is 19.1 Å². The largest absolute Gasteiger partial charge is 0.496 e. The molecule has 2 fully saturated rings. The minimum Gasteiger partial charge on any atom is -0.496 e. The quantitative estimate of drug-likeness (QED) is 0.815. The van der Waals surface area contributed by atoms with Crippen LogP contribution in [0.25, 0.3) is 0 Å². The highest BCUT2D eigenvalue weighted by Crippen LogP contribution is 2.26. The van der Waals surface area contributed by atoms with Gasteiger partial charge in [0.1, 0.15) is 5.75 Å². The zero-order valence-electron chi connectivity index (χ0n) is 15.2. The summed E-state index contributed by atoms with van der Waals surface area (Å²) in [6.45, 7) is 6.14. The maximum Gasteiger partial charge on any atom is 0.237 e. The molecule has 1 saturated carbocycles. The fourth-order valence-corrected chi connectivity index (χ4v) is 3.33. The number of ether oxygens (including phenoxy) is 1. The SMILES string of the molecule is COc1ccc(CN2CCNC(=O)C2CC(=O)NC2CC2)c(C)c1C. The van der Waals surface area contributed by atoms with Crippen LogP contribution in [0.2, 0.25) is 0 Å². The first-order valence-electron chi connectivity index (χ1n) is 8.93. The number of hydrogen-bond acceptors (Lipinski definition) is 4. The molecule has 25 heavy (non-hydrogen) atoms. The molecule has 136 valence electrons. The van der Waals surface area contributed by atoms with Crippen molar-refractivity contribution in [3.63, 3.8) is 0 Å². The van der Waals surface area contributed by atoms with Crippen LogP contribution in [0.4, 0.5) is 0 Å². The molecule has 1 aliphatic carbocycles. The molecular formula is C19H27N3O3. The first-order valence-corrected chi connectivity index (χ1v) is 8.93. The maximum atomic E-state index is 12.3. The molecule has 2 N–H and O–H groups in total. The summed E-state index contributed by atoms with van der Waals surface area (Å²) in [5, 5.41) is 5.87. The van der Waals surface area contributed by atoms with Crippen molar-refractivity contribution in [2.75, 3.05) is 20.2 Å². The first kappa shape index (κ1) is 17.7. The van der Waals surface area contributed by atoms with Gasteiger partial charge in [0.25, 0.3) is 0 Å². The van der Waals surface area contributed by atoms with Gasteiger partial charge in [-0.3, -0.25) is 14.5 Å². The fourth-order valence-electron chi connectivity index (χ4n) is 3.33. The van der Waals surface area contributed by atoms with Crippen LogP contribution in [0, 0.1) is 13.8 Å². The first-order chi connectivity index (χ1) is 12.0. The topological polar surface area (TPSA) is 70.7 Å². The van der Waals surface area contributed by atoms with Crippen LogP contribution in [0.3, 0.4) is 0 Å². The Morgan fingerprint density at radius 1 is 1.32 bits per heavy atom. The number of carbonyl (C=O) groups excluding carboxylic acids is 2. The van der Waals surface area contributed by atoms with Crippen LogP contribution in [0.15, 0.2) is 12.1 Å². The highest BCUT2D eigenvalue weighted by molar-refractivity contribution is 5.89. The number of benzene rings is 1. The van der Waals surface area contributed by atoms with Crippen molar-refractivity contribution < 1.29 is 14.3 Å². The third-order valence-electron chi connectivity index (χ3n) is 5.21. The van der Waals surface area contributed by atoms with Crippen molar-refractivity contribution in [3.05, 3.63) is 28.8 Å². The number of hydrogen-bond donors (Lipinski definition) is 2. The number of amides is 2. The van der Waals surface area contributed by atoms with Crippen molar-refractivity contribution in [3.8, 4) is 5.75 Å². The minimum atomic E-state index is -0.408. The van der Waals surface area contributed by atoms with E-state index in [-0.39, 0.29) is 18.2 Å². The molecule has 1 heterocycles. The summed E-state index contributed by atoms with van der Waals surface area (Å²) in [4.78, 5) is 26.6.